The van der Waals surface area contributed by atoms with Gasteiger partial charge in [0.05, 0.1) is 12.9 Å². The average molecular weight is 407 g/mol. The molecule has 30 heavy (non-hydrogen) atoms. The maximum atomic E-state index is 12.7. The monoisotopic (exact) mass is 407 g/mol. The highest BCUT2D eigenvalue weighted by Gasteiger charge is 2.13. The van der Waals surface area contributed by atoms with Crippen molar-refractivity contribution in [3.05, 3.63) is 71.0 Å². The molecule has 4 rings (SSSR count). The zero-order valence-corrected chi connectivity index (χ0v) is 16.4. The van der Waals surface area contributed by atoms with Crippen molar-refractivity contribution in [2.45, 2.75) is 26.4 Å². The van der Waals surface area contributed by atoms with E-state index >= 15 is 0 Å². The summed E-state index contributed by atoms with van der Waals surface area (Å²) in [7, 11) is 0. The zero-order valence-electron chi connectivity index (χ0n) is 16.4. The van der Waals surface area contributed by atoms with E-state index in [4.69, 9.17) is 9.15 Å². The Morgan fingerprint density at radius 2 is 2.07 bits per heavy atom. The molecule has 1 amide bonds. The van der Waals surface area contributed by atoms with Gasteiger partial charge in [0.2, 0.25) is 5.91 Å². The Hall–Kier alpha value is -3.88. The number of benzene rings is 1. The summed E-state index contributed by atoms with van der Waals surface area (Å²) in [5.41, 5.74) is 1.36. The lowest BCUT2D eigenvalue weighted by Crippen LogP contribution is -2.34. The van der Waals surface area contributed by atoms with Gasteiger partial charge in [-0.15, -0.1) is 0 Å². The van der Waals surface area contributed by atoms with Crippen LogP contribution in [0.2, 0.25) is 0 Å². The topological polar surface area (TPSA) is 104 Å². The number of carbonyl (C=O) groups excluding carboxylic acids is 1. The lowest BCUT2D eigenvalue weighted by Gasteiger charge is -2.08. The summed E-state index contributed by atoms with van der Waals surface area (Å²) in [5, 5.41) is 11.1. The summed E-state index contributed by atoms with van der Waals surface area (Å²) in [4.78, 5) is 25.0. The molecular formula is C21H21N5O4. The predicted octanol–water partition coefficient (Wildman–Crippen LogP) is 2.26. The SMILES string of the molecule is CCCOc1ccc(CNC(=O)Cn2ncn3nc(-c4ccco4)cc3c2=O)cc1. The number of nitrogens with one attached hydrogen (secondary N) is 1. The summed E-state index contributed by atoms with van der Waals surface area (Å²) >= 11 is 0. The molecule has 0 fully saturated rings. The third-order valence-corrected chi connectivity index (χ3v) is 4.44. The van der Waals surface area contributed by atoms with Crippen LogP contribution in [-0.2, 0) is 17.9 Å². The van der Waals surface area contributed by atoms with Crippen LogP contribution in [0.25, 0.3) is 17.0 Å². The molecule has 0 unspecified atom stereocenters. The van der Waals surface area contributed by atoms with Crippen molar-refractivity contribution in [1.29, 1.82) is 0 Å². The molecule has 0 aliphatic carbocycles. The standard InChI is InChI=1S/C21H21N5O4/c1-2-9-29-16-7-5-15(6-8-16)12-22-20(27)13-25-21(28)18-11-17(19-4-3-10-30-19)24-26(18)14-23-25/h3-8,10-11,14H,2,9,12-13H2,1H3,(H,22,27). The second-order valence-corrected chi connectivity index (χ2v) is 6.70. The third-order valence-electron chi connectivity index (χ3n) is 4.44. The van der Waals surface area contributed by atoms with Gasteiger partial charge in [-0.3, -0.25) is 9.59 Å². The predicted molar refractivity (Wildman–Crippen MR) is 109 cm³/mol. The van der Waals surface area contributed by atoms with Crippen LogP contribution in [0.3, 0.4) is 0 Å². The van der Waals surface area contributed by atoms with Gasteiger partial charge in [-0.1, -0.05) is 19.1 Å². The highest BCUT2D eigenvalue weighted by Crippen LogP contribution is 2.18. The molecule has 0 spiro atoms. The second-order valence-electron chi connectivity index (χ2n) is 6.70. The van der Waals surface area contributed by atoms with Crippen LogP contribution >= 0.6 is 0 Å². The molecule has 9 heteroatoms. The van der Waals surface area contributed by atoms with Crippen LogP contribution in [0.1, 0.15) is 18.9 Å². The van der Waals surface area contributed by atoms with Crippen LogP contribution < -0.4 is 15.6 Å². The molecule has 4 aromatic rings. The molecule has 0 saturated heterocycles. The van der Waals surface area contributed by atoms with Gasteiger partial charge in [-0.2, -0.15) is 10.2 Å². The maximum Gasteiger partial charge on any atom is 0.293 e. The van der Waals surface area contributed by atoms with Crippen molar-refractivity contribution in [3.8, 4) is 17.2 Å². The Kier molecular flexibility index (Phi) is 5.60. The minimum Gasteiger partial charge on any atom is -0.494 e. The zero-order chi connectivity index (χ0) is 20.9. The van der Waals surface area contributed by atoms with E-state index in [0.29, 0.717) is 30.1 Å². The van der Waals surface area contributed by atoms with Crippen LogP contribution in [0.5, 0.6) is 5.75 Å². The minimum absolute atomic E-state index is 0.186. The van der Waals surface area contributed by atoms with E-state index in [1.165, 1.54) is 17.1 Å². The van der Waals surface area contributed by atoms with Gasteiger partial charge in [0.15, 0.2) is 5.76 Å². The molecule has 0 bridgehead atoms. The van der Waals surface area contributed by atoms with Crippen molar-refractivity contribution in [2.75, 3.05) is 6.61 Å². The largest absolute Gasteiger partial charge is 0.494 e. The fourth-order valence-electron chi connectivity index (χ4n) is 2.91. The molecular weight excluding hydrogens is 386 g/mol. The Balaban J connectivity index is 1.40. The summed E-state index contributed by atoms with van der Waals surface area (Å²) < 4.78 is 13.3. The summed E-state index contributed by atoms with van der Waals surface area (Å²) in [6.45, 7) is 2.88. The summed E-state index contributed by atoms with van der Waals surface area (Å²) in [6.07, 6.45) is 3.87. The lowest BCUT2D eigenvalue weighted by molar-refractivity contribution is -0.122. The molecule has 0 atom stereocenters. The van der Waals surface area contributed by atoms with E-state index in [1.807, 2.05) is 31.2 Å². The Morgan fingerprint density at radius 1 is 1.23 bits per heavy atom. The number of hydrogen-bond acceptors (Lipinski definition) is 6. The third kappa shape index (κ3) is 4.24. The number of ether oxygens (including phenoxy) is 1. The highest BCUT2D eigenvalue weighted by atomic mass is 16.5. The summed E-state index contributed by atoms with van der Waals surface area (Å²) in [5.74, 6) is 1.03. The first-order chi connectivity index (χ1) is 14.6. The molecule has 154 valence electrons. The molecule has 0 saturated carbocycles. The van der Waals surface area contributed by atoms with Gasteiger partial charge >= 0.3 is 0 Å². The van der Waals surface area contributed by atoms with E-state index < -0.39 is 5.56 Å². The van der Waals surface area contributed by atoms with Gasteiger partial charge in [0, 0.05) is 12.6 Å². The van der Waals surface area contributed by atoms with Gasteiger partial charge < -0.3 is 14.5 Å². The van der Waals surface area contributed by atoms with Gasteiger partial charge in [-0.25, -0.2) is 9.20 Å². The number of amides is 1. The number of rotatable bonds is 8. The number of nitrogens with zero attached hydrogens (tertiary/aromatic N) is 4. The van der Waals surface area contributed by atoms with Crippen molar-refractivity contribution >= 4 is 11.4 Å². The fraction of sp³-hybridized carbons (Fsp3) is 0.238. The molecule has 0 aliphatic rings. The number of carbonyl (C=O) groups is 1. The molecule has 3 heterocycles. The smallest absolute Gasteiger partial charge is 0.293 e. The Bertz CT molecular complexity index is 1190. The van der Waals surface area contributed by atoms with E-state index in [9.17, 15) is 9.59 Å². The van der Waals surface area contributed by atoms with E-state index in [1.54, 1.807) is 18.2 Å². The van der Waals surface area contributed by atoms with Crippen molar-refractivity contribution < 1.29 is 13.9 Å². The number of furan rings is 1. The Labute approximate surface area is 171 Å². The van der Waals surface area contributed by atoms with Crippen molar-refractivity contribution in [1.82, 2.24) is 24.7 Å². The first kappa shape index (κ1) is 19.4. The number of fused-ring (bicyclic) bond motifs is 1. The fourth-order valence-corrected chi connectivity index (χ4v) is 2.91. The van der Waals surface area contributed by atoms with Crippen LogP contribution in [-0.4, -0.2) is 31.9 Å². The maximum absolute atomic E-state index is 12.7. The Morgan fingerprint density at radius 3 is 2.80 bits per heavy atom. The first-order valence-corrected chi connectivity index (χ1v) is 9.62. The lowest BCUT2D eigenvalue weighted by atomic mass is 10.2. The highest BCUT2D eigenvalue weighted by molar-refractivity contribution is 5.75. The van der Waals surface area contributed by atoms with Gasteiger partial charge in [0.25, 0.3) is 5.56 Å². The van der Waals surface area contributed by atoms with Crippen molar-refractivity contribution in [3.63, 3.8) is 0 Å². The van der Waals surface area contributed by atoms with Gasteiger partial charge in [0.1, 0.15) is 29.8 Å². The quantitative estimate of drug-likeness (QED) is 0.481. The number of aromatic nitrogens is 4. The van der Waals surface area contributed by atoms with Crippen molar-refractivity contribution in [2.24, 2.45) is 0 Å². The number of hydrogen-bond donors (Lipinski definition) is 1. The molecule has 9 nitrogen and oxygen atoms in total. The molecule has 0 radical (unpaired) electrons. The van der Waals surface area contributed by atoms with Crippen LogP contribution in [0.15, 0.2) is 64.3 Å². The van der Waals surface area contributed by atoms with E-state index in [2.05, 4.69) is 15.5 Å². The minimum atomic E-state index is -0.407. The average Bonchev–Trinajstić information content (AvgIpc) is 3.43. The van der Waals surface area contributed by atoms with E-state index in [-0.39, 0.29) is 12.5 Å². The van der Waals surface area contributed by atoms with Crippen LogP contribution in [0.4, 0.5) is 0 Å². The first-order valence-electron chi connectivity index (χ1n) is 9.62. The normalized spacial score (nSPS) is 11.0. The molecule has 1 N–H and O–H groups in total. The van der Waals surface area contributed by atoms with E-state index in [0.717, 1.165) is 22.4 Å². The van der Waals surface area contributed by atoms with Gasteiger partial charge in [-0.05, 0) is 36.2 Å². The van der Waals surface area contributed by atoms with Crippen LogP contribution in [0, 0.1) is 0 Å². The second kappa shape index (κ2) is 8.64. The molecule has 0 aliphatic heterocycles. The molecule has 3 aromatic heterocycles. The molecule has 1 aromatic carbocycles. The summed E-state index contributed by atoms with van der Waals surface area (Å²) in [6, 6.07) is 12.6.